The monoisotopic (exact) mass is 745 g/mol. The summed E-state index contributed by atoms with van der Waals surface area (Å²) in [5, 5.41) is 12.5. The quantitative estimate of drug-likeness (QED) is 0.0832. The van der Waals surface area contributed by atoms with E-state index in [1.165, 1.54) is 7.11 Å². The van der Waals surface area contributed by atoms with Crippen LogP contribution in [0, 0.1) is 11.8 Å². The van der Waals surface area contributed by atoms with Crippen LogP contribution in [0.3, 0.4) is 0 Å². The van der Waals surface area contributed by atoms with Gasteiger partial charge in [-0.1, -0.05) is 78.2 Å². The van der Waals surface area contributed by atoms with Gasteiger partial charge in [-0.25, -0.2) is 0 Å². The van der Waals surface area contributed by atoms with Crippen molar-refractivity contribution in [2.45, 2.75) is 93.0 Å². The van der Waals surface area contributed by atoms with Crippen LogP contribution in [0.2, 0.25) is 0 Å². The Labute approximate surface area is 298 Å². The topological polar surface area (TPSA) is 135 Å². The Morgan fingerprint density at radius 1 is 1.18 bits per heavy atom. The fourth-order valence-corrected chi connectivity index (χ4v) is 8.55. The minimum Gasteiger partial charge on any atom is -0.455 e. The highest BCUT2D eigenvalue weighted by molar-refractivity contribution is 9.09. The van der Waals surface area contributed by atoms with Gasteiger partial charge in [0.25, 0.3) is 0 Å². The van der Waals surface area contributed by atoms with Crippen LogP contribution < -0.4 is 5.32 Å². The van der Waals surface area contributed by atoms with Gasteiger partial charge in [-0.15, -0.1) is 13.2 Å². The predicted octanol–water partition coefficient (Wildman–Crippen LogP) is 4.09. The first-order valence-electron chi connectivity index (χ1n) is 17.5. The lowest BCUT2D eigenvalue weighted by Crippen LogP contribution is -2.57. The van der Waals surface area contributed by atoms with Gasteiger partial charge in [-0.3, -0.25) is 19.2 Å². The van der Waals surface area contributed by atoms with Crippen molar-refractivity contribution in [1.29, 1.82) is 0 Å². The van der Waals surface area contributed by atoms with E-state index < -0.39 is 47.7 Å². The third kappa shape index (κ3) is 8.46. The van der Waals surface area contributed by atoms with Crippen molar-refractivity contribution in [3.63, 3.8) is 0 Å². The Kier molecular flexibility index (Phi) is 14.4. The smallest absolute Gasteiger partial charge is 0.313 e. The van der Waals surface area contributed by atoms with E-state index in [1.807, 2.05) is 30.3 Å². The number of aliphatic hydroxyl groups is 1. The first-order chi connectivity index (χ1) is 23.7. The number of carbonyl (C=O) groups excluding carboxylic acids is 4. The number of rotatable bonds is 21. The van der Waals surface area contributed by atoms with Crippen molar-refractivity contribution in [3.8, 4) is 0 Å². The SMILES string of the molecule is C=CCCC(=O)N[C@@H](COC)[C@@H](OC(=O)[C@H]1[C@@H]2O[C@@]3(CC2Br)[C@@H]1C(=O)N(CCCCO)[C@@H]3C(=O)N(CC=C)CCCCC)c1ccccc1. The average Bonchev–Trinajstić information content (AvgIpc) is 3.69. The highest BCUT2D eigenvalue weighted by atomic mass is 79.9. The van der Waals surface area contributed by atoms with E-state index in [0.717, 1.165) is 19.3 Å². The van der Waals surface area contributed by atoms with E-state index in [2.05, 4.69) is 41.3 Å². The van der Waals surface area contributed by atoms with Crippen molar-refractivity contribution < 1.29 is 38.5 Å². The van der Waals surface area contributed by atoms with Gasteiger partial charge in [0, 0.05) is 44.6 Å². The molecule has 1 aromatic rings. The lowest BCUT2D eigenvalue weighted by Gasteiger charge is -2.37. The normalized spacial score (nSPS) is 26.6. The number of ether oxygens (including phenoxy) is 3. The number of nitrogens with zero attached hydrogens (tertiary/aromatic N) is 2. The van der Waals surface area contributed by atoms with Crippen LogP contribution in [0.15, 0.2) is 55.6 Å². The first kappa shape index (κ1) is 38.7. The Hall–Kier alpha value is -3.06. The van der Waals surface area contributed by atoms with Crippen LogP contribution in [-0.2, 0) is 33.4 Å². The molecule has 4 rings (SSSR count). The molecule has 2 bridgehead atoms. The van der Waals surface area contributed by atoms with Crippen molar-refractivity contribution in [2.24, 2.45) is 11.8 Å². The van der Waals surface area contributed by atoms with Gasteiger partial charge in [0.05, 0.1) is 30.6 Å². The number of methoxy groups -OCH3 is 1. The molecule has 8 atom stereocenters. The molecule has 1 aromatic carbocycles. The number of unbranched alkanes of at least 4 members (excludes halogenated alkanes) is 3. The van der Waals surface area contributed by atoms with Crippen LogP contribution in [0.25, 0.3) is 0 Å². The molecule has 3 aliphatic heterocycles. The van der Waals surface area contributed by atoms with Gasteiger partial charge in [0.2, 0.25) is 17.7 Å². The minimum absolute atomic E-state index is 0.0422. The number of aliphatic hydroxyl groups excluding tert-OH is 1. The number of allylic oxidation sites excluding steroid dienone is 1. The fraction of sp³-hybridized carbons (Fsp3) is 0.622. The number of alkyl halides is 1. The molecule has 49 heavy (non-hydrogen) atoms. The number of carbonyl (C=O) groups is 4. The van der Waals surface area contributed by atoms with Gasteiger partial charge < -0.3 is 34.4 Å². The lowest BCUT2D eigenvalue weighted by atomic mass is 9.70. The molecule has 0 radical (unpaired) electrons. The molecule has 0 aliphatic carbocycles. The number of amides is 3. The second-order valence-corrected chi connectivity index (χ2v) is 14.3. The Morgan fingerprint density at radius 2 is 1.94 bits per heavy atom. The summed E-state index contributed by atoms with van der Waals surface area (Å²) in [4.78, 5) is 59.3. The molecule has 1 spiro atoms. The van der Waals surface area contributed by atoms with Crippen LogP contribution >= 0.6 is 15.9 Å². The minimum atomic E-state index is -1.24. The van der Waals surface area contributed by atoms with Gasteiger partial charge in [0.15, 0.2) is 0 Å². The molecule has 3 amide bonds. The van der Waals surface area contributed by atoms with E-state index in [-0.39, 0.29) is 48.7 Å². The van der Waals surface area contributed by atoms with Gasteiger partial charge in [-0.05, 0) is 37.7 Å². The second kappa shape index (κ2) is 18.3. The zero-order chi connectivity index (χ0) is 35.6. The number of hydrogen-bond acceptors (Lipinski definition) is 8. The maximum atomic E-state index is 14.5. The summed E-state index contributed by atoms with van der Waals surface area (Å²) in [6.45, 7) is 10.8. The molecular formula is C37H52BrN3O8. The molecule has 0 saturated carbocycles. The summed E-state index contributed by atoms with van der Waals surface area (Å²) in [7, 11) is 1.51. The second-order valence-electron chi connectivity index (χ2n) is 13.1. The molecule has 2 N–H and O–H groups in total. The summed E-state index contributed by atoms with van der Waals surface area (Å²) >= 11 is 3.73. The van der Waals surface area contributed by atoms with Crippen molar-refractivity contribution in [1.82, 2.24) is 15.1 Å². The molecule has 3 heterocycles. The van der Waals surface area contributed by atoms with E-state index in [0.29, 0.717) is 44.3 Å². The lowest BCUT2D eigenvalue weighted by molar-refractivity contribution is -0.163. The van der Waals surface area contributed by atoms with Crippen molar-refractivity contribution in [3.05, 3.63) is 61.2 Å². The number of esters is 1. The Balaban J connectivity index is 1.70. The van der Waals surface area contributed by atoms with Gasteiger partial charge in [-0.2, -0.15) is 0 Å². The molecule has 3 saturated heterocycles. The highest BCUT2D eigenvalue weighted by Gasteiger charge is 2.77. The summed E-state index contributed by atoms with van der Waals surface area (Å²) < 4.78 is 18.5. The molecule has 3 aliphatic rings. The summed E-state index contributed by atoms with van der Waals surface area (Å²) in [5.41, 5.74) is -0.590. The number of fused-ring (bicyclic) bond motifs is 1. The maximum absolute atomic E-state index is 14.5. The van der Waals surface area contributed by atoms with Crippen LogP contribution in [0.4, 0.5) is 0 Å². The summed E-state index contributed by atoms with van der Waals surface area (Å²) in [6, 6.07) is 7.45. The number of likely N-dealkylation sites (tertiary alicyclic amines) is 1. The van der Waals surface area contributed by atoms with Crippen LogP contribution in [-0.4, -0.2) is 107 Å². The Bertz CT molecular complexity index is 1310. The standard InChI is InChI=1S/C37H52BrN3O8/c1-5-8-13-20-40(19-7-3)35(45)33-37-23-26(38)32(49-37)29(30(37)34(44)41(33)21-14-15-22-42)36(46)48-31(25-16-11-10-12-17-25)27(24-47-4)39-28(43)18-9-6-2/h6-7,10-12,16-17,26-27,29-33,42H,2-3,5,8-9,13-15,18-24H2,1,4H3,(H,39,43)/t26?,27-,29+,30-,31-,32+,33+,37-/m0/s1. The molecule has 12 heteroatoms. The van der Waals surface area contributed by atoms with Gasteiger partial charge in [0.1, 0.15) is 17.7 Å². The molecule has 0 aromatic heterocycles. The molecular weight excluding hydrogens is 694 g/mol. The van der Waals surface area contributed by atoms with E-state index in [1.54, 1.807) is 22.0 Å². The number of hydrogen-bond donors (Lipinski definition) is 2. The third-order valence-electron chi connectivity index (χ3n) is 9.80. The zero-order valence-electron chi connectivity index (χ0n) is 28.8. The maximum Gasteiger partial charge on any atom is 0.313 e. The summed E-state index contributed by atoms with van der Waals surface area (Å²) in [5.74, 6) is -3.37. The Morgan fingerprint density at radius 3 is 2.59 bits per heavy atom. The molecule has 270 valence electrons. The van der Waals surface area contributed by atoms with Crippen molar-refractivity contribution >= 4 is 39.6 Å². The molecule has 1 unspecified atom stereocenters. The van der Waals surface area contributed by atoms with Crippen LogP contribution in [0.5, 0.6) is 0 Å². The fourth-order valence-electron chi connectivity index (χ4n) is 7.61. The highest BCUT2D eigenvalue weighted by Crippen LogP contribution is 2.60. The first-order valence-corrected chi connectivity index (χ1v) is 18.4. The summed E-state index contributed by atoms with van der Waals surface area (Å²) in [6.07, 6.45) is 6.48. The van der Waals surface area contributed by atoms with Gasteiger partial charge >= 0.3 is 5.97 Å². The van der Waals surface area contributed by atoms with E-state index in [9.17, 15) is 24.3 Å². The number of nitrogens with one attached hydrogen (secondary N) is 1. The average molecular weight is 747 g/mol. The molecule has 3 fully saturated rings. The number of benzene rings is 1. The number of halogens is 1. The van der Waals surface area contributed by atoms with E-state index in [4.69, 9.17) is 14.2 Å². The van der Waals surface area contributed by atoms with E-state index >= 15 is 0 Å². The van der Waals surface area contributed by atoms with Crippen molar-refractivity contribution in [2.75, 3.05) is 40.0 Å². The molecule has 11 nitrogen and oxygen atoms in total. The predicted molar refractivity (Wildman–Crippen MR) is 189 cm³/mol. The zero-order valence-corrected chi connectivity index (χ0v) is 30.4. The largest absolute Gasteiger partial charge is 0.455 e. The third-order valence-corrected chi connectivity index (χ3v) is 10.6. The van der Waals surface area contributed by atoms with Crippen LogP contribution in [0.1, 0.15) is 70.0 Å².